The summed E-state index contributed by atoms with van der Waals surface area (Å²) in [7, 11) is -1.39. The van der Waals surface area contributed by atoms with Crippen LogP contribution in [0.4, 0.5) is 0 Å². The van der Waals surface area contributed by atoms with Gasteiger partial charge >= 0.3 is 0 Å². The van der Waals surface area contributed by atoms with E-state index in [0.29, 0.717) is 6.42 Å². The molecule has 0 amide bonds. The first kappa shape index (κ1) is 11.0. The van der Waals surface area contributed by atoms with Gasteiger partial charge < -0.3 is 4.74 Å². The smallest absolute Gasteiger partial charge is 0.175 e. The van der Waals surface area contributed by atoms with E-state index in [1.54, 1.807) is 0 Å². The molecule has 0 aliphatic carbocycles. The second-order valence-electron chi connectivity index (χ2n) is 5.11. The second kappa shape index (κ2) is 3.54. The van der Waals surface area contributed by atoms with Gasteiger partial charge in [0.15, 0.2) is 5.78 Å². The predicted octanol–water partition coefficient (Wildman–Crippen LogP) is 2.97. The number of hydrogen-bond donors (Lipinski definition) is 0. The molecule has 0 spiro atoms. The zero-order chi connectivity index (χ0) is 11.1. The maximum Gasteiger partial charge on any atom is 0.175 e. The van der Waals surface area contributed by atoms with Crippen molar-refractivity contribution in [3.8, 4) is 0 Å². The molecule has 4 heteroatoms. The molecule has 1 saturated heterocycles. The zero-order valence-corrected chi connectivity index (χ0v) is 11.2. The molecule has 1 aromatic rings. The fourth-order valence-electron chi connectivity index (χ4n) is 1.67. The molecule has 1 atom stereocenters. The Morgan fingerprint density at radius 3 is 2.67 bits per heavy atom. The van der Waals surface area contributed by atoms with Gasteiger partial charge in [-0.25, -0.2) is 0 Å². The van der Waals surface area contributed by atoms with E-state index in [-0.39, 0.29) is 11.0 Å². The molecule has 15 heavy (non-hydrogen) atoms. The van der Waals surface area contributed by atoms with Crippen LogP contribution in [-0.2, 0) is 4.74 Å². The van der Waals surface area contributed by atoms with Crippen molar-refractivity contribution in [3.05, 3.63) is 22.4 Å². The van der Waals surface area contributed by atoms with Gasteiger partial charge in [0, 0.05) is 6.42 Å². The fraction of sp³-hybridized carbons (Fsp3) is 0.545. The van der Waals surface area contributed by atoms with E-state index in [2.05, 4.69) is 19.6 Å². The SMILES string of the molecule is C[Si](C)(C)C1(CC(=O)c2cccs2)CO1. The number of ketones is 1. The minimum Gasteiger partial charge on any atom is -0.373 e. The zero-order valence-electron chi connectivity index (χ0n) is 9.37. The van der Waals surface area contributed by atoms with Gasteiger partial charge in [-0.2, -0.15) is 0 Å². The molecule has 0 saturated carbocycles. The molecule has 1 fully saturated rings. The van der Waals surface area contributed by atoms with Crippen LogP contribution in [0.2, 0.25) is 19.6 Å². The van der Waals surface area contributed by atoms with Gasteiger partial charge in [0.1, 0.15) is 0 Å². The number of carbonyl (C=O) groups excluding carboxylic acids is 1. The van der Waals surface area contributed by atoms with Crippen molar-refractivity contribution >= 4 is 25.2 Å². The standard InChI is InChI=1S/C11H16O2SSi/c1-15(2,3)11(8-13-11)7-9(12)10-5-4-6-14-10/h4-6H,7-8H2,1-3H3. The van der Waals surface area contributed by atoms with Crippen molar-refractivity contribution in [1.29, 1.82) is 0 Å². The van der Waals surface area contributed by atoms with Gasteiger partial charge in [0.25, 0.3) is 0 Å². The van der Waals surface area contributed by atoms with Gasteiger partial charge in [0.05, 0.1) is 24.8 Å². The monoisotopic (exact) mass is 240 g/mol. The molecule has 82 valence electrons. The van der Waals surface area contributed by atoms with Crippen LogP contribution in [0, 0.1) is 0 Å². The Bertz CT molecular complexity index is 360. The van der Waals surface area contributed by atoms with Crippen LogP contribution in [0.3, 0.4) is 0 Å². The number of carbonyl (C=O) groups is 1. The third-order valence-corrected chi connectivity index (χ3v) is 7.21. The minimum atomic E-state index is -1.39. The lowest BCUT2D eigenvalue weighted by Gasteiger charge is -2.24. The van der Waals surface area contributed by atoms with Crippen LogP contribution in [0.25, 0.3) is 0 Å². The van der Waals surface area contributed by atoms with Gasteiger partial charge in [0.2, 0.25) is 0 Å². The van der Waals surface area contributed by atoms with Crippen LogP contribution < -0.4 is 0 Å². The van der Waals surface area contributed by atoms with Crippen molar-refractivity contribution in [3.63, 3.8) is 0 Å². The average Bonchev–Trinajstić information content (AvgIpc) is 2.74. The Balaban J connectivity index is 2.08. The van der Waals surface area contributed by atoms with E-state index in [1.807, 2.05) is 17.5 Å². The molecular formula is C11H16O2SSi. The average molecular weight is 240 g/mol. The van der Waals surface area contributed by atoms with Gasteiger partial charge in [-0.3, -0.25) is 4.79 Å². The molecule has 0 bridgehead atoms. The Hall–Kier alpha value is -0.453. The molecule has 0 aromatic carbocycles. The second-order valence-corrected chi connectivity index (χ2v) is 11.5. The van der Waals surface area contributed by atoms with Crippen molar-refractivity contribution in [2.75, 3.05) is 6.61 Å². The normalized spacial score (nSPS) is 25.3. The van der Waals surface area contributed by atoms with Crippen molar-refractivity contribution in [1.82, 2.24) is 0 Å². The van der Waals surface area contributed by atoms with Crippen molar-refractivity contribution in [2.45, 2.75) is 31.3 Å². The first-order chi connectivity index (χ1) is 6.95. The summed E-state index contributed by atoms with van der Waals surface area (Å²) in [6.07, 6.45) is 0.573. The highest BCUT2D eigenvalue weighted by Crippen LogP contribution is 2.41. The van der Waals surface area contributed by atoms with Crippen LogP contribution in [0.15, 0.2) is 17.5 Å². The summed E-state index contributed by atoms with van der Waals surface area (Å²) in [5.74, 6) is 0.241. The summed E-state index contributed by atoms with van der Waals surface area (Å²) in [6.45, 7) is 7.57. The van der Waals surface area contributed by atoms with Crippen LogP contribution in [0.1, 0.15) is 16.1 Å². The molecule has 1 unspecified atom stereocenters. The Morgan fingerprint density at radius 1 is 1.60 bits per heavy atom. The lowest BCUT2D eigenvalue weighted by Crippen LogP contribution is -2.43. The quantitative estimate of drug-likeness (QED) is 0.460. The van der Waals surface area contributed by atoms with Crippen molar-refractivity contribution in [2.24, 2.45) is 0 Å². The topological polar surface area (TPSA) is 29.6 Å². The van der Waals surface area contributed by atoms with E-state index >= 15 is 0 Å². The Labute approximate surface area is 95.3 Å². The van der Waals surface area contributed by atoms with Crippen LogP contribution >= 0.6 is 11.3 Å². The Morgan fingerprint density at radius 2 is 2.27 bits per heavy atom. The van der Waals surface area contributed by atoms with E-state index < -0.39 is 8.07 Å². The third kappa shape index (κ3) is 2.07. The highest BCUT2D eigenvalue weighted by molar-refractivity contribution is 7.12. The van der Waals surface area contributed by atoms with Gasteiger partial charge in [-0.1, -0.05) is 25.7 Å². The van der Waals surface area contributed by atoms with E-state index in [1.165, 1.54) is 11.3 Å². The minimum absolute atomic E-state index is 0.0753. The number of epoxide rings is 1. The van der Waals surface area contributed by atoms with E-state index in [4.69, 9.17) is 4.74 Å². The molecule has 1 aliphatic rings. The molecular weight excluding hydrogens is 224 g/mol. The molecule has 2 rings (SSSR count). The number of hydrogen-bond acceptors (Lipinski definition) is 3. The van der Waals surface area contributed by atoms with Crippen LogP contribution in [0.5, 0.6) is 0 Å². The summed E-state index contributed by atoms with van der Waals surface area (Å²) < 4.78 is 5.57. The number of rotatable bonds is 4. The van der Waals surface area contributed by atoms with Crippen molar-refractivity contribution < 1.29 is 9.53 Å². The Kier molecular flexibility index (Phi) is 2.61. The predicted molar refractivity (Wildman–Crippen MR) is 65.3 cm³/mol. The molecule has 1 aromatic heterocycles. The van der Waals surface area contributed by atoms with Crippen LogP contribution in [-0.4, -0.2) is 25.7 Å². The van der Waals surface area contributed by atoms with Gasteiger partial charge in [-0.05, 0) is 11.4 Å². The molecule has 2 heterocycles. The highest BCUT2D eigenvalue weighted by atomic mass is 32.1. The summed E-state index contributed by atoms with van der Waals surface area (Å²) in [4.78, 5) is 12.8. The number of ether oxygens (including phenoxy) is 1. The van der Waals surface area contributed by atoms with E-state index in [0.717, 1.165) is 11.5 Å². The molecule has 0 N–H and O–H groups in total. The number of Topliss-reactive ketones (excluding diaryl/α,β-unsaturated/α-hetero) is 1. The molecule has 1 aliphatic heterocycles. The molecule has 0 radical (unpaired) electrons. The third-order valence-electron chi connectivity index (χ3n) is 3.10. The largest absolute Gasteiger partial charge is 0.373 e. The molecule has 2 nitrogen and oxygen atoms in total. The highest BCUT2D eigenvalue weighted by Gasteiger charge is 2.56. The lowest BCUT2D eigenvalue weighted by molar-refractivity contribution is 0.0967. The summed E-state index contributed by atoms with van der Waals surface area (Å²) >= 11 is 1.52. The maximum absolute atomic E-state index is 12.0. The first-order valence-corrected chi connectivity index (χ1v) is 9.53. The van der Waals surface area contributed by atoms with E-state index in [9.17, 15) is 4.79 Å². The maximum atomic E-state index is 12.0. The summed E-state index contributed by atoms with van der Waals surface area (Å²) in [6, 6.07) is 3.82. The lowest BCUT2D eigenvalue weighted by atomic mass is 10.2. The number of thiophene rings is 1. The first-order valence-electron chi connectivity index (χ1n) is 5.15. The fourth-order valence-corrected chi connectivity index (χ4v) is 3.96. The summed E-state index contributed by atoms with van der Waals surface area (Å²) in [5.41, 5.74) is 0. The summed E-state index contributed by atoms with van der Waals surface area (Å²) in [5, 5.41) is 1.87. The van der Waals surface area contributed by atoms with Gasteiger partial charge in [-0.15, -0.1) is 11.3 Å².